The number of nitrogens with zero attached hydrogens (tertiary/aromatic N) is 2. The lowest BCUT2D eigenvalue weighted by Crippen LogP contribution is -2.49. The highest BCUT2D eigenvalue weighted by Gasteiger charge is 2.22. The fourth-order valence-corrected chi connectivity index (χ4v) is 1.84. The number of urea groups is 1. The molecule has 0 saturated carbocycles. The molecule has 1 fully saturated rings. The van der Waals surface area contributed by atoms with Gasteiger partial charge >= 0.3 is 12.1 Å². The molecule has 1 atom stereocenters. The quantitative estimate of drug-likeness (QED) is 0.858. The van der Waals surface area contributed by atoms with Crippen molar-refractivity contribution in [3.63, 3.8) is 0 Å². The van der Waals surface area contributed by atoms with Crippen LogP contribution in [0.25, 0.3) is 0 Å². The molecule has 0 aromatic carbocycles. The van der Waals surface area contributed by atoms with Crippen LogP contribution in [0.15, 0.2) is 0 Å². The SMILES string of the molecule is C[C@@H](CNC(=O)N1CCC1)CN(C)C(=O)OC(C)(C)C. The maximum atomic E-state index is 11.8. The van der Waals surface area contributed by atoms with E-state index in [0.717, 1.165) is 19.5 Å². The normalized spacial score (nSPS) is 16.1. The van der Waals surface area contributed by atoms with Crippen molar-refractivity contribution < 1.29 is 14.3 Å². The van der Waals surface area contributed by atoms with E-state index in [1.165, 1.54) is 0 Å². The minimum atomic E-state index is -0.486. The van der Waals surface area contributed by atoms with Crippen LogP contribution in [0, 0.1) is 5.92 Å². The summed E-state index contributed by atoms with van der Waals surface area (Å²) in [6, 6.07) is -0.0111. The Morgan fingerprint density at radius 1 is 1.35 bits per heavy atom. The smallest absolute Gasteiger partial charge is 0.410 e. The molecule has 1 heterocycles. The highest BCUT2D eigenvalue weighted by Crippen LogP contribution is 2.10. The van der Waals surface area contributed by atoms with Gasteiger partial charge in [0, 0.05) is 33.2 Å². The molecule has 1 aliphatic rings. The van der Waals surface area contributed by atoms with Crippen LogP contribution in [-0.4, -0.2) is 60.8 Å². The Bertz CT molecular complexity index is 348. The van der Waals surface area contributed by atoms with E-state index in [0.29, 0.717) is 13.1 Å². The minimum Gasteiger partial charge on any atom is -0.444 e. The van der Waals surface area contributed by atoms with Crippen molar-refractivity contribution in [1.29, 1.82) is 0 Å². The van der Waals surface area contributed by atoms with Crippen LogP contribution in [0.2, 0.25) is 0 Å². The van der Waals surface area contributed by atoms with E-state index in [2.05, 4.69) is 5.32 Å². The summed E-state index contributed by atoms with van der Waals surface area (Å²) < 4.78 is 5.28. The third kappa shape index (κ3) is 5.67. The fourth-order valence-electron chi connectivity index (χ4n) is 1.84. The number of carbonyl (C=O) groups excluding carboxylic acids is 2. The van der Waals surface area contributed by atoms with Gasteiger partial charge in [-0.3, -0.25) is 0 Å². The van der Waals surface area contributed by atoms with E-state index in [4.69, 9.17) is 4.74 Å². The van der Waals surface area contributed by atoms with Crippen LogP contribution >= 0.6 is 0 Å². The highest BCUT2D eigenvalue weighted by atomic mass is 16.6. The van der Waals surface area contributed by atoms with E-state index in [9.17, 15) is 9.59 Å². The van der Waals surface area contributed by atoms with Crippen LogP contribution < -0.4 is 5.32 Å². The van der Waals surface area contributed by atoms with Crippen LogP contribution in [0.5, 0.6) is 0 Å². The molecule has 116 valence electrons. The van der Waals surface area contributed by atoms with Gasteiger partial charge in [0.15, 0.2) is 0 Å². The Balaban J connectivity index is 2.24. The summed E-state index contributed by atoms with van der Waals surface area (Å²) in [5.41, 5.74) is -0.486. The first-order valence-corrected chi connectivity index (χ1v) is 7.16. The molecule has 1 N–H and O–H groups in total. The molecule has 0 aromatic rings. The molecule has 0 aromatic heterocycles. The number of hydrogen-bond donors (Lipinski definition) is 1. The number of ether oxygens (including phenoxy) is 1. The largest absolute Gasteiger partial charge is 0.444 e. The summed E-state index contributed by atoms with van der Waals surface area (Å²) in [5.74, 6) is 0.178. The summed E-state index contributed by atoms with van der Waals surface area (Å²) in [6.45, 7) is 10.3. The summed E-state index contributed by atoms with van der Waals surface area (Å²) in [4.78, 5) is 26.8. The Labute approximate surface area is 121 Å². The van der Waals surface area contributed by atoms with Gasteiger partial charge in [-0.25, -0.2) is 9.59 Å². The van der Waals surface area contributed by atoms with E-state index in [1.54, 1.807) is 16.8 Å². The Hall–Kier alpha value is -1.46. The first-order valence-electron chi connectivity index (χ1n) is 7.16. The second-order valence-electron chi connectivity index (χ2n) is 6.49. The zero-order valence-corrected chi connectivity index (χ0v) is 13.2. The van der Waals surface area contributed by atoms with Crippen LogP contribution in [-0.2, 0) is 4.74 Å². The summed E-state index contributed by atoms with van der Waals surface area (Å²) in [7, 11) is 1.71. The number of hydrogen-bond acceptors (Lipinski definition) is 3. The van der Waals surface area contributed by atoms with Crippen molar-refractivity contribution in [2.45, 2.75) is 39.7 Å². The molecule has 1 saturated heterocycles. The van der Waals surface area contributed by atoms with Gasteiger partial charge in [0.05, 0.1) is 0 Å². The van der Waals surface area contributed by atoms with Gasteiger partial charge in [-0.2, -0.15) is 0 Å². The molecule has 0 aliphatic carbocycles. The van der Waals surface area contributed by atoms with Crippen LogP contribution in [0.3, 0.4) is 0 Å². The number of rotatable bonds is 4. The predicted octanol–water partition coefficient (Wildman–Crippen LogP) is 1.90. The van der Waals surface area contributed by atoms with E-state index >= 15 is 0 Å². The molecule has 1 aliphatic heterocycles. The number of carbonyl (C=O) groups is 2. The molecular formula is C14H27N3O3. The second kappa shape index (κ2) is 6.81. The van der Waals surface area contributed by atoms with E-state index < -0.39 is 5.60 Å². The zero-order valence-electron chi connectivity index (χ0n) is 13.2. The Morgan fingerprint density at radius 3 is 2.40 bits per heavy atom. The summed E-state index contributed by atoms with van der Waals surface area (Å²) >= 11 is 0. The van der Waals surface area contributed by atoms with Crippen molar-refractivity contribution in [3.05, 3.63) is 0 Å². The fraction of sp³-hybridized carbons (Fsp3) is 0.857. The maximum absolute atomic E-state index is 11.8. The lowest BCUT2D eigenvalue weighted by Gasteiger charge is -2.31. The third-order valence-electron chi connectivity index (χ3n) is 3.04. The lowest BCUT2D eigenvalue weighted by atomic mass is 10.1. The second-order valence-corrected chi connectivity index (χ2v) is 6.49. The third-order valence-corrected chi connectivity index (χ3v) is 3.04. The van der Waals surface area contributed by atoms with Crippen molar-refractivity contribution in [2.24, 2.45) is 5.92 Å². The number of nitrogens with one attached hydrogen (secondary N) is 1. The van der Waals surface area contributed by atoms with Gasteiger partial charge in [-0.15, -0.1) is 0 Å². The van der Waals surface area contributed by atoms with Gasteiger partial charge in [0.1, 0.15) is 5.60 Å². The van der Waals surface area contributed by atoms with Crippen molar-refractivity contribution in [3.8, 4) is 0 Å². The first kappa shape index (κ1) is 16.6. The van der Waals surface area contributed by atoms with Crippen molar-refractivity contribution in [2.75, 3.05) is 33.2 Å². The maximum Gasteiger partial charge on any atom is 0.410 e. The molecule has 6 heteroatoms. The van der Waals surface area contributed by atoms with Crippen LogP contribution in [0.1, 0.15) is 34.1 Å². The molecule has 1 rings (SSSR count). The average Bonchev–Trinajstić information content (AvgIpc) is 2.21. The molecule has 0 bridgehead atoms. The molecule has 20 heavy (non-hydrogen) atoms. The minimum absolute atomic E-state index is 0.0111. The Morgan fingerprint density at radius 2 is 1.95 bits per heavy atom. The van der Waals surface area contributed by atoms with Gasteiger partial charge < -0.3 is 19.9 Å². The summed E-state index contributed by atoms with van der Waals surface area (Å²) in [5, 5.41) is 2.89. The number of likely N-dealkylation sites (tertiary alicyclic amines) is 1. The van der Waals surface area contributed by atoms with Crippen molar-refractivity contribution in [1.82, 2.24) is 15.1 Å². The van der Waals surface area contributed by atoms with E-state index in [-0.39, 0.29) is 18.0 Å². The van der Waals surface area contributed by atoms with Gasteiger partial charge in [-0.05, 0) is 33.1 Å². The summed E-state index contributed by atoms with van der Waals surface area (Å²) in [6.07, 6.45) is 0.753. The average molecular weight is 285 g/mol. The Kier molecular flexibility index (Phi) is 5.65. The van der Waals surface area contributed by atoms with Gasteiger partial charge in [0.2, 0.25) is 0 Å². The highest BCUT2D eigenvalue weighted by molar-refractivity contribution is 5.74. The van der Waals surface area contributed by atoms with Gasteiger partial charge in [0.25, 0.3) is 0 Å². The molecule has 0 spiro atoms. The predicted molar refractivity (Wildman–Crippen MR) is 77.6 cm³/mol. The molecule has 0 unspecified atom stereocenters. The molecular weight excluding hydrogens is 258 g/mol. The topological polar surface area (TPSA) is 61.9 Å². The van der Waals surface area contributed by atoms with Crippen molar-refractivity contribution >= 4 is 12.1 Å². The van der Waals surface area contributed by atoms with E-state index in [1.807, 2.05) is 27.7 Å². The first-order chi connectivity index (χ1) is 9.19. The van der Waals surface area contributed by atoms with Gasteiger partial charge in [-0.1, -0.05) is 6.92 Å². The number of amides is 3. The molecule has 0 radical (unpaired) electrons. The zero-order chi connectivity index (χ0) is 15.3. The molecule has 6 nitrogen and oxygen atoms in total. The monoisotopic (exact) mass is 285 g/mol. The standard InChI is InChI=1S/C14H27N3O3/c1-11(9-15-12(18)17-7-6-8-17)10-16(5)13(19)20-14(2,3)4/h11H,6-10H2,1-5H3,(H,15,18)/t11-/m0/s1. The van der Waals surface area contributed by atoms with Crippen LogP contribution in [0.4, 0.5) is 9.59 Å². The molecule has 3 amide bonds. The lowest BCUT2D eigenvalue weighted by molar-refractivity contribution is 0.0277.